The summed E-state index contributed by atoms with van der Waals surface area (Å²) >= 11 is 2.89. The molecule has 0 radical (unpaired) electrons. The Balaban J connectivity index is 1.56. The first-order valence-electron chi connectivity index (χ1n) is 9.50. The van der Waals surface area contributed by atoms with Crippen LogP contribution in [-0.2, 0) is 11.3 Å². The van der Waals surface area contributed by atoms with Crippen molar-refractivity contribution in [3.8, 4) is 10.4 Å². The predicted molar refractivity (Wildman–Crippen MR) is 120 cm³/mol. The van der Waals surface area contributed by atoms with E-state index >= 15 is 0 Å². The minimum Gasteiger partial charge on any atom is -0.329 e. The van der Waals surface area contributed by atoms with Gasteiger partial charge in [0.2, 0.25) is 5.91 Å². The number of amides is 3. The van der Waals surface area contributed by atoms with Crippen LogP contribution in [0.5, 0.6) is 0 Å². The van der Waals surface area contributed by atoms with Gasteiger partial charge in [-0.05, 0) is 18.1 Å². The normalized spacial score (nSPS) is 13.8. The number of urea groups is 1. The Labute approximate surface area is 181 Å². The molecule has 1 aliphatic rings. The van der Waals surface area contributed by atoms with Crippen molar-refractivity contribution in [2.24, 2.45) is 0 Å². The van der Waals surface area contributed by atoms with Gasteiger partial charge in [0.25, 0.3) is 5.56 Å². The molecule has 1 aliphatic heterocycles. The Bertz CT molecular complexity index is 1150. The molecule has 0 spiro atoms. The predicted octanol–water partition coefficient (Wildman–Crippen LogP) is 3.35. The molecule has 1 fully saturated rings. The van der Waals surface area contributed by atoms with Crippen LogP contribution in [0.25, 0.3) is 20.7 Å². The molecular weight excluding hydrogens is 420 g/mol. The monoisotopic (exact) mass is 440 g/mol. The molecule has 30 heavy (non-hydrogen) atoms. The number of aromatic nitrogens is 2. The first-order chi connectivity index (χ1) is 14.6. The number of fused-ring (bicyclic) bond motifs is 1. The van der Waals surface area contributed by atoms with Crippen LogP contribution in [0.4, 0.5) is 4.79 Å². The van der Waals surface area contributed by atoms with Crippen LogP contribution in [-0.4, -0.2) is 45.2 Å². The van der Waals surface area contributed by atoms with Crippen LogP contribution >= 0.6 is 23.1 Å². The Morgan fingerprint density at radius 3 is 2.73 bits per heavy atom. The maximum atomic E-state index is 13.1. The zero-order chi connectivity index (χ0) is 21.1. The van der Waals surface area contributed by atoms with Gasteiger partial charge in [-0.25, -0.2) is 9.78 Å². The highest BCUT2D eigenvalue weighted by Crippen LogP contribution is 2.32. The van der Waals surface area contributed by atoms with Crippen molar-refractivity contribution in [2.45, 2.75) is 18.1 Å². The number of benzene rings is 1. The number of imide groups is 1. The van der Waals surface area contributed by atoms with Crippen LogP contribution in [0.15, 0.2) is 59.0 Å². The zero-order valence-corrected chi connectivity index (χ0v) is 17.8. The standard InChI is InChI=1S/C21H20N4O3S2/c1-2-9-25-19(27)18-15(12-16(30-18)14-7-4-3-5-8-14)23-21(25)29-11-6-10-24-17(26)13-22-20(24)28/h2-5,7-8,12H,1,6,9-11,13H2,(H,22,28). The Morgan fingerprint density at radius 1 is 1.23 bits per heavy atom. The molecule has 9 heteroatoms. The number of carbonyl (C=O) groups is 2. The van der Waals surface area contributed by atoms with E-state index in [1.165, 1.54) is 28.0 Å². The molecule has 0 saturated carbocycles. The smallest absolute Gasteiger partial charge is 0.324 e. The van der Waals surface area contributed by atoms with Gasteiger partial charge in [-0.3, -0.25) is 19.1 Å². The number of thioether (sulfide) groups is 1. The van der Waals surface area contributed by atoms with E-state index in [0.29, 0.717) is 40.6 Å². The first kappa shape index (κ1) is 20.4. The van der Waals surface area contributed by atoms with Crippen molar-refractivity contribution in [1.82, 2.24) is 19.8 Å². The fourth-order valence-electron chi connectivity index (χ4n) is 3.20. The summed E-state index contributed by atoms with van der Waals surface area (Å²) in [6.07, 6.45) is 2.29. The topological polar surface area (TPSA) is 84.3 Å². The zero-order valence-electron chi connectivity index (χ0n) is 16.2. The molecule has 3 amide bonds. The lowest BCUT2D eigenvalue weighted by molar-refractivity contribution is -0.124. The van der Waals surface area contributed by atoms with Gasteiger partial charge in [0.05, 0.1) is 12.1 Å². The van der Waals surface area contributed by atoms with Crippen LogP contribution in [0.3, 0.4) is 0 Å². The van der Waals surface area contributed by atoms with Crippen molar-refractivity contribution < 1.29 is 9.59 Å². The lowest BCUT2D eigenvalue weighted by Gasteiger charge is -2.13. The quantitative estimate of drug-likeness (QED) is 0.191. The van der Waals surface area contributed by atoms with Gasteiger partial charge >= 0.3 is 6.03 Å². The van der Waals surface area contributed by atoms with Crippen LogP contribution in [0.1, 0.15) is 6.42 Å². The van der Waals surface area contributed by atoms with Gasteiger partial charge < -0.3 is 5.32 Å². The molecule has 1 saturated heterocycles. The summed E-state index contributed by atoms with van der Waals surface area (Å²) in [5.74, 6) is 0.418. The van der Waals surface area contributed by atoms with Gasteiger partial charge in [0.1, 0.15) is 4.70 Å². The van der Waals surface area contributed by atoms with Crippen molar-refractivity contribution in [1.29, 1.82) is 0 Å². The van der Waals surface area contributed by atoms with E-state index < -0.39 is 0 Å². The van der Waals surface area contributed by atoms with Gasteiger partial charge in [-0.15, -0.1) is 17.9 Å². The molecule has 2 aromatic heterocycles. The lowest BCUT2D eigenvalue weighted by Crippen LogP contribution is -2.32. The van der Waals surface area contributed by atoms with E-state index in [2.05, 4.69) is 11.9 Å². The van der Waals surface area contributed by atoms with Crippen molar-refractivity contribution in [3.63, 3.8) is 0 Å². The summed E-state index contributed by atoms with van der Waals surface area (Å²) in [5, 5.41) is 3.12. The van der Waals surface area contributed by atoms with Crippen molar-refractivity contribution >= 4 is 45.3 Å². The second-order valence-corrected chi connectivity index (χ2v) is 8.81. The van der Waals surface area contributed by atoms with Gasteiger partial charge in [-0.1, -0.05) is 48.2 Å². The van der Waals surface area contributed by atoms with E-state index in [4.69, 9.17) is 4.98 Å². The third-order valence-electron chi connectivity index (χ3n) is 4.66. The molecule has 0 bridgehead atoms. The molecule has 1 aromatic carbocycles. The molecule has 3 aromatic rings. The summed E-state index contributed by atoms with van der Waals surface area (Å²) in [7, 11) is 0. The number of hydrogen-bond donors (Lipinski definition) is 1. The average Bonchev–Trinajstić information content (AvgIpc) is 3.32. The largest absolute Gasteiger partial charge is 0.329 e. The van der Waals surface area contributed by atoms with E-state index in [1.54, 1.807) is 10.6 Å². The third-order valence-corrected chi connectivity index (χ3v) is 6.89. The molecule has 0 atom stereocenters. The van der Waals surface area contributed by atoms with E-state index in [0.717, 1.165) is 10.4 Å². The molecule has 0 aliphatic carbocycles. The molecule has 3 heterocycles. The Kier molecular flexibility index (Phi) is 6.01. The highest BCUT2D eigenvalue weighted by molar-refractivity contribution is 7.99. The van der Waals surface area contributed by atoms with Crippen LogP contribution in [0, 0.1) is 0 Å². The molecule has 0 unspecified atom stereocenters. The minimum atomic E-state index is -0.347. The molecule has 154 valence electrons. The number of allylic oxidation sites excluding steroid dienone is 1. The number of hydrogen-bond acceptors (Lipinski definition) is 6. The summed E-state index contributed by atoms with van der Waals surface area (Å²) in [4.78, 5) is 43.3. The second kappa shape index (κ2) is 8.85. The fraction of sp³-hybridized carbons (Fsp3) is 0.238. The molecule has 1 N–H and O–H groups in total. The number of nitrogens with one attached hydrogen (secondary N) is 1. The molecule has 4 rings (SSSR count). The van der Waals surface area contributed by atoms with E-state index in [-0.39, 0.29) is 24.0 Å². The Hall–Kier alpha value is -2.91. The summed E-state index contributed by atoms with van der Waals surface area (Å²) in [6.45, 7) is 4.54. The Morgan fingerprint density at radius 2 is 2.03 bits per heavy atom. The highest BCUT2D eigenvalue weighted by Gasteiger charge is 2.27. The lowest BCUT2D eigenvalue weighted by atomic mass is 10.2. The fourth-order valence-corrected chi connectivity index (χ4v) is 5.19. The molecular formula is C21H20N4O3S2. The SMILES string of the molecule is C=CCn1c(SCCCN2C(=O)CNC2=O)nc2cc(-c3ccccc3)sc2c1=O. The number of thiophene rings is 1. The maximum absolute atomic E-state index is 13.1. The summed E-state index contributed by atoms with van der Waals surface area (Å²) in [5.41, 5.74) is 1.65. The van der Waals surface area contributed by atoms with Crippen molar-refractivity contribution in [2.75, 3.05) is 18.8 Å². The highest BCUT2D eigenvalue weighted by atomic mass is 32.2. The number of nitrogens with zero attached hydrogens (tertiary/aromatic N) is 3. The summed E-state index contributed by atoms with van der Waals surface area (Å²) < 4.78 is 2.25. The number of rotatable bonds is 8. The van der Waals surface area contributed by atoms with Gasteiger partial charge in [-0.2, -0.15) is 0 Å². The van der Waals surface area contributed by atoms with Gasteiger partial charge in [0.15, 0.2) is 5.16 Å². The van der Waals surface area contributed by atoms with Crippen molar-refractivity contribution in [3.05, 3.63) is 59.4 Å². The van der Waals surface area contributed by atoms with E-state index in [9.17, 15) is 14.4 Å². The van der Waals surface area contributed by atoms with E-state index in [1.807, 2.05) is 36.4 Å². The number of carbonyl (C=O) groups excluding carboxylic acids is 2. The van der Waals surface area contributed by atoms with Crippen LogP contribution in [0.2, 0.25) is 0 Å². The second-order valence-electron chi connectivity index (χ2n) is 6.70. The maximum Gasteiger partial charge on any atom is 0.324 e. The average molecular weight is 441 g/mol. The minimum absolute atomic E-state index is 0.0605. The third kappa shape index (κ3) is 4.03. The van der Waals surface area contributed by atoms with Gasteiger partial charge in [0, 0.05) is 23.7 Å². The van der Waals surface area contributed by atoms with Crippen LogP contribution < -0.4 is 10.9 Å². The first-order valence-corrected chi connectivity index (χ1v) is 11.3. The summed E-state index contributed by atoms with van der Waals surface area (Å²) in [6, 6.07) is 11.5. The molecule has 7 nitrogen and oxygen atoms in total.